The molecular weight excluding hydrogens is 340 g/mol. The number of hydrogen-bond donors (Lipinski definition) is 1. The van der Waals surface area contributed by atoms with E-state index in [1.165, 1.54) is 0 Å². The Labute approximate surface area is 156 Å². The standard InChI is InChI=1S/C22H20N2O3/c1-14-7-8-15(2)21-19(14)20(23-26)22(25)24(21)11-12-27-18-10-9-16-5-3-4-6-17(16)13-18/h3-10,13,25H,11-12H2,1-2H3. The molecule has 0 aliphatic rings. The molecule has 4 rings (SSSR count). The first-order valence-corrected chi connectivity index (χ1v) is 8.86. The van der Waals surface area contributed by atoms with Gasteiger partial charge in [0.05, 0.1) is 12.1 Å². The predicted octanol–water partition coefficient (Wildman–Crippen LogP) is 5.59. The van der Waals surface area contributed by atoms with Crippen LogP contribution in [0.3, 0.4) is 0 Å². The van der Waals surface area contributed by atoms with Gasteiger partial charge in [-0.05, 0) is 53.1 Å². The molecule has 0 amide bonds. The second-order valence-corrected chi connectivity index (χ2v) is 6.70. The summed E-state index contributed by atoms with van der Waals surface area (Å²) in [7, 11) is 0. The molecule has 4 aromatic rings. The molecule has 0 saturated heterocycles. The van der Waals surface area contributed by atoms with Crippen molar-refractivity contribution in [2.24, 2.45) is 5.18 Å². The number of hydrogen-bond acceptors (Lipinski definition) is 4. The Balaban J connectivity index is 1.62. The Morgan fingerprint density at radius 1 is 1.00 bits per heavy atom. The SMILES string of the molecule is Cc1ccc(C)c2c1c(N=O)c(O)n2CCOc1ccc2ccccc2c1. The van der Waals surface area contributed by atoms with Crippen molar-refractivity contribution >= 4 is 27.4 Å². The average molecular weight is 360 g/mol. The average Bonchev–Trinajstić information content (AvgIpc) is 2.97. The van der Waals surface area contributed by atoms with Crippen LogP contribution in [-0.2, 0) is 6.54 Å². The van der Waals surface area contributed by atoms with E-state index in [0.29, 0.717) is 18.5 Å². The summed E-state index contributed by atoms with van der Waals surface area (Å²) in [6.45, 7) is 4.64. The molecule has 1 heterocycles. The zero-order valence-electron chi connectivity index (χ0n) is 15.3. The molecule has 5 heteroatoms. The lowest BCUT2D eigenvalue weighted by Gasteiger charge is -2.11. The van der Waals surface area contributed by atoms with Gasteiger partial charge in [-0.15, -0.1) is 4.91 Å². The zero-order valence-corrected chi connectivity index (χ0v) is 15.3. The van der Waals surface area contributed by atoms with Gasteiger partial charge >= 0.3 is 0 Å². The van der Waals surface area contributed by atoms with Gasteiger partial charge in [-0.1, -0.05) is 42.5 Å². The van der Waals surface area contributed by atoms with Gasteiger partial charge in [-0.25, -0.2) is 0 Å². The monoisotopic (exact) mass is 360 g/mol. The van der Waals surface area contributed by atoms with Crippen LogP contribution in [0.15, 0.2) is 59.8 Å². The smallest absolute Gasteiger partial charge is 0.222 e. The molecule has 3 aromatic carbocycles. The number of ether oxygens (including phenoxy) is 1. The molecule has 0 atom stereocenters. The molecule has 0 radical (unpaired) electrons. The summed E-state index contributed by atoms with van der Waals surface area (Å²) in [5, 5.41) is 16.5. The van der Waals surface area contributed by atoms with Gasteiger partial charge in [-0.2, -0.15) is 0 Å². The number of nitroso groups, excluding NO2 is 1. The van der Waals surface area contributed by atoms with E-state index < -0.39 is 0 Å². The van der Waals surface area contributed by atoms with Gasteiger partial charge in [0, 0.05) is 5.39 Å². The van der Waals surface area contributed by atoms with Crippen LogP contribution in [0.5, 0.6) is 11.6 Å². The molecule has 0 aliphatic heterocycles. The van der Waals surface area contributed by atoms with Crippen LogP contribution in [0.2, 0.25) is 0 Å². The van der Waals surface area contributed by atoms with Gasteiger partial charge in [0.15, 0.2) is 5.69 Å². The molecule has 27 heavy (non-hydrogen) atoms. The first kappa shape index (κ1) is 17.1. The maximum atomic E-state index is 11.3. The van der Waals surface area contributed by atoms with Crippen LogP contribution in [-0.4, -0.2) is 16.3 Å². The minimum atomic E-state index is -0.112. The van der Waals surface area contributed by atoms with Gasteiger partial charge in [-0.3, -0.25) is 0 Å². The first-order valence-electron chi connectivity index (χ1n) is 8.86. The van der Waals surface area contributed by atoms with E-state index in [1.807, 2.05) is 62.4 Å². The molecule has 0 bridgehead atoms. The molecule has 1 aromatic heterocycles. The van der Waals surface area contributed by atoms with Crippen LogP contribution < -0.4 is 4.74 Å². The molecular formula is C22H20N2O3. The minimum absolute atomic E-state index is 0.0944. The first-order chi connectivity index (χ1) is 13.1. The van der Waals surface area contributed by atoms with Crippen LogP contribution in [0.4, 0.5) is 5.69 Å². The van der Waals surface area contributed by atoms with E-state index in [1.54, 1.807) is 4.57 Å². The molecule has 0 unspecified atom stereocenters. The number of aromatic nitrogens is 1. The summed E-state index contributed by atoms with van der Waals surface area (Å²) in [5.41, 5.74) is 2.81. The number of fused-ring (bicyclic) bond motifs is 2. The second-order valence-electron chi connectivity index (χ2n) is 6.70. The van der Waals surface area contributed by atoms with E-state index in [0.717, 1.165) is 33.2 Å². The van der Waals surface area contributed by atoms with Crippen molar-refractivity contribution in [1.29, 1.82) is 0 Å². The quantitative estimate of drug-likeness (QED) is 0.472. The fraction of sp³-hybridized carbons (Fsp3) is 0.182. The van der Waals surface area contributed by atoms with Gasteiger partial charge in [0.2, 0.25) is 5.88 Å². The van der Waals surface area contributed by atoms with Crippen molar-refractivity contribution in [3.05, 3.63) is 70.6 Å². The second kappa shape index (κ2) is 6.76. The van der Waals surface area contributed by atoms with Crippen molar-refractivity contribution in [3.63, 3.8) is 0 Å². The van der Waals surface area contributed by atoms with Crippen molar-refractivity contribution in [3.8, 4) is 11.6 Å². The highest BCUT2D eigenvalue weighted by molar-refractivity contribution is 5.99. The van der Waals surface area contributed by atoms with E-state index in [-0.39, 0.29) is 11.6 Å². The number of rotatable bonds is 5. The van der Waals surface area contributed by atoms with Gasteiger partial charge < -0.3 is 14.4 Å². The highest BCUT2D eigenvalue weighted by Gasteiger charge is 2.20. The molecule has 1 N–H and O–H groups in total. The Hall–Kier alpha value is -3.34. The third-order valence-electron chi connectivity index (χ3n) is 4.96. The highest BCUT2D eigenvalue weighted by atomic mass is 16.5. The lowest BCUT2D eigenvalue weighted by atomic mass is 10.1. The lowest BCUT2D eigenvalue weighted by molar-refractivity contribution is 0.291. The van der Waals surface area contributed by atoms with Crippen molar-refractivity contribution in [2.45, 2.75) is 20.4 Å². The third-order valence-corrected chi connectivity index (χ3v) is 4.96. The minimum Gasteiger partial charge on any atom is -0.493 e. The van der Waals surface area contributed by atoms with E-state index in [9.17, 15) is 10.0 Å². The summed E-state index contributed by atoms with van der Waals surface area (Å²) in [6, 6.07) is 18.0. The van der Waals surface area contributed by atoms with Crippen LogP contribution >= 0.6 is 0 Å². The van der Waals surface area contributed by atoms with Crippen LogP contribution in [0, 0.1) is 18.8 Å². The fourth-order valence-electron chi connectivity index (χ4n) is 3.60. The maximum Gasteiger partial charge on any atom is 0.222 e. The Morgan fingerprint density at radius 2 is 1.74 bits per heavy atom. The van der Waals surface area contributed by atoms with Gasteiger partial charge in [0.25, 0.3) is 0 Å². The Morgan fingerprint density at radius 3 is 2.52 bits per heavy atom. The van der Waals surface area contributed by atoms with Gasteiger partial charge in [0.1, 0.15) is 12.4 Å². The van der Waals surface area contributed by atoms with Crippen molar-refractivity contribution in [1.82, 2.24) is 4.57 Å². The Bertz CT molecular complexity index is 1160. The number of aromatic hydroxyl groups is 1. The lowest BCUT2D eigenvalue weighted by Crippen LogP contribution is -2.08. The van der Waals surface area contributed by atoms with E-state index >= 15 is 0 Å². The molecule has 0 spiro atoms. The number of nitrogens with zero attached hydrogens (tertiary/aromatic N) is 2. The zero-order chi connectivity index (χ0) is 19.0. The van der Waals surface area contributed by atoms with E-state index in [2.05, 4.69) is 11.2 Å². The topological polar surface area (TPSA) is 63.8 Å². The highest BCUT2D eigenvalue weighted by Crippen LogP contribution is 2.41. The predicted molar refractivity (Wildman–Crippen MR) is 108 cm³/mol. The maximum absolute atomic E-state index is 11.3. The molecule has 0 saturated carbocycles. The van der Waals surface area contributed by atoms with Crippen LogP contribution in [0.1, 0.15) is 11.1 Å². The van der Waals surface area contributed by atoms with Crippen LogP contribution in [0.25, 0.3) is 21.7 Å². The summed E-state index contributed by atoms with van der Waals surface area (Å²) in [5.74, 6) is 0.658. The Kier molecular flexibility index (Phi) is 4.28. The fourth-order valence-corrected chi connectivity index (χ4v) is 3.60. The van der Waals surface area contributed by atoms with E-state index in [4.69, 9.17) is 4.74 Å². The largest absolute Gasteiger partial charge is 0.493 e. The summed E-state index contributed by atoms with van der Waals surface area (Å²) in [4.78, 5) is 11.3. The molecule has 0 aliphatic carbocycles. The molecule has 136 valence electrons. The normalized spacial score (nSPS) is 11.2. The summed E-state index contributed by atoms with van der Waals surface area (Å²) >= 11 is 0. The van der Waals surface area contributed by atoms with Crippen molar-refractivity contribution < 1.29 is 9.84 Å². The number of aryl methyl sites for hydroxylation is 2. The molecule has 0 fully saturated rings. The third kappa shape index (κ3) is 2.91. The summed E-state index contributed by atoms with van der Waals surface area (Å²) in [6.07, 6.45) is 0. The summed E-state index contributed by atoms with van der Waals surface area (Å²) < 4.78 is 7.60. The van der Waals surface area contributed by atoms with Crippen molar-refractivity contribution in [2.75, 3.05) is 6.61 Å². The number of benzene rings is 3. The molecule has 5 nitrogen and oxygen atoms in total.